The first-order valence-corrected chi connectivity index (χ1v) is 3.78. The van der Waals surface area contributed by atoms with Crippen molar-refractivity contribution in [2.24, 2.45) is 0 Å². The van der Waals surface area contributed by atoms with Crippen LogP contribution in [0.5, 0.6) is 0 Å². The van der Waals surface area contributed by atoms with Crippen molar-refractivity contribution in [1.82, 2.24) is 14.9 Å². The van der Waals surface area contributed by atoms with Gasteiger partial charge in [-0.15, -0.1) is 5.10 Å². The van der Waals surface area contributed by atoms with Gasteiger partial charge in [-0.3, -0.25) is 0 Å². The predicted molar refractivity (Wildman–Crippen MR) is 35.5 cm³/mol. The normalized spacial score (nSPS) is 19.6. The fourth-order valence-corrected chi connectivity index (χ4v) is 1.38. The average molecular weight is 141 g/mol. The third kappa shape index (κ3) is 0.840. The van der Waals surface area contributed by atoms with Crippen LogP contribution in [-0.4, -0.2) is 22.7 Å². The molecule has 3 nitrogen and oxygen atoms in total. The Labute approximate surface area is 57.3 Å². The highest BCUT2D eigenvalue weighted by Crippen LogP contribution is 2.17. The van der Waals surface area contributed by atoms with Crippen molar-refractivity contribution in [2.75, 3.05) is 13.1 Å². The third-order valence-corrected chi connectivity index (χ3v) is 2.10. The summed E-state index contributed by atoms with van der Waals surface area (Å²) in [4.78, 5) is 0. The molecule has 1 saturated heterocycles. The Balaban J connectivity index is 2.14. The summed E-state index contributed by atoms with van der Waals surface area (Å²) in [6, 6.07) is 0. The Morgan fingerprint density at radius 3 is 3.00 bits per heavy atom. The van der Waals surface area contributed by atoms with Gasteiger partial charge >= 0.3 is 0 Å². The van der Waals surface area contributed by atoms with Crippen molar-refractivity contribution in [3.63, 3.8) is 0 Å². The summed E-state index contributed by atoms with van der Waals surface area (Å²) in [5.41, 5.74) is 1.15. The van der Waals surface area contributed by atoms with E-state index in [1.54, 1.807) is 0 Å². The highest BCUT2D eigenvalue weighted by Gasteiger charge is 2.20. The van der Waals surface area contributed by atoms with E-state index in [0.717, 1.165) is 18.8 Å². The molecule has 1 aromatic rings. The molecule has 1 aliphatic heterocycles. The van der Waals surface area contributed by atoms with Gasteiger partial charge in [0.05, 0.1) is 5.69 Å². The van der Waals surface area contributed by atoms with Crippen molar-refractivity contribution >= 4 is 11.5 Å². The molecule has 2 heterocycles. The van der Waals surface area contributed by atoms with Gasteiger partial charge in [0, 0.05) is 24.4 Å². The van der Waals surface area contributed by atoms with Crippen molar-refractivity contribution in [3.05, 3.63) is 11.1 Å². The fourth-order valence-electron chi connectivity index (χ4n) is 0.848. The molecule has 1 aromatic heterocycles. The monoisotopic (exact) mass is 141 g/mol. The molecule has 0 spiro atoms. The van der Waals surface area contributed by atoms with Crippen molar-refractivity contribution in [3.8, 4) is 0 Å². The first kappa shape index (κ1) is 5.32. The molecule has 2 rings (SSSR count). The van der Waals surface area contributed by atoms with Crippen LogP contribution >= 0.6 is 11.5 Å². The summed E-state index contributed by atoms with van der Waals surface area (Å²) in [5.74, 6) is 0.642. The molecule has 0 radical (unpaired) electrons. The van der Waals surface area contributed by atoms with Gasteiger partial charge in [-0.1, -0.05) is 4.49 Å². The van der Waals surface area contributed by atoms with E-state index in [-0.39, 0.29) is 0 Å². The van der Waals surface area contributed by atoms with Gasteiger partial charge in [0.15, 0.2) is 0 Å². The summed E-state index contributed by atoms with van der Waals surface area (Å²) in [7, 11) is 0. The van der Waals surface area contributed by atoms with E-state index in [0.29, 0.717) is 5.92 Å². The Bertz CT molecular complexity index is 180. The smallest absolute Gasteiger partial charge is 0.0811 e. The first-order valence-electron chi connectivity index (χ1n) is 2.94. The molecule has 0 saturated carbocycles. The van der Waals surface area contributed by atoms with E-state index in [1.165, 1.54) is 11.5 Å². The van der Waals surface area contributed by atoms with Gasteiger partial charge in [-0.05, 0) is 11.5 Å². The predicted octanol–water partition coefficient (Wildman–Crippen LogP) is 0.225. The van der Waals surface area contributed by atoms with Gasteiger partial charge in [-0.25, -0.2) is 0 Å². The molecule has 0 atom stereocenters. The lowest BCUT2D eigenvalue weighted by Gasteiger charge is -2.24. The maximum absolute atomic E-state index is 3.97. The Morgan fingerprint density at radius 2 is 2.56 bits per heavy atom. The van der Waals surface area contributed by atoms with Crippen LogP contribution in [0.4, 0.5) is 0 Å². The van der Waals surface area contributed by atoms with Crippen LogP contribution in [0.15, 0.2) is 5.38 Å². The van der Waals surface area contributed by atoms with Crippen molar-refractivity contribution in [2.45, 2.75) is 5.92 Å². The van der Waals surface area contributed by atoms with Crippen molar-refractivity contribution in [1.29, 1.82) is 0 Å². The largest absolute Gasteiger partial charge is 0.315 e. The topological polar surface area (TPSA) is 37.8 Å². The lowest BCUT2D eigenvalue weighted by molar-refractivity contribution is 0.439. The molecule has 0 bridgehead atoms. The Kier molecular flexibility index (Phi) is 1.20. The van der Waals surface area contributed by atoms with E-state index in [1.807, 2.05) is 5.38 Å². The highest BCUT2D eigenvalue weighted by atomic mass is 32.1. The molecule has 0 amide bonds. The number of aromatic nitrogens is 2. The molecule has 0 aromatic carbocycles. The SMILES string of the molecule is c1snnc1C1CNC1. The number of rotatable bonds is 1. The zero-order valence-electron chi connectivity index (χ0n) is 4.87. The van der Waals surface area contributed by atoms with Crippen LogP contribution in [0.2, 0.25) is 0 Å². The van der Waals surface area contributed by atoms with E-state index >= 15 is 0 Å². The quantitative estimate of drug-likeness (QED) is 0.608. The Morgan fingerprint density at radius 1 is 1.67 bits per heavy atom. The second-order valence-electron chi connectivity index (χ2n) is 2.18. The standard InChI is InChI=1S/C5H7N3S/c1-4(2-6-1)5-3-9-8-7-5/h3-4,6H,1-2H2. The molecule has 4 heteroatoms. The van der Waals surface area contributed by atoms with Gasteiger partial charge in [0.2, 0.25) is 0 Å². The van der Waals surface area contributed by atoms with Gasteiger partial charge in [-0.2, -0.15) is 0 Å². The summed E-state index contributed by atoms with van der Waals surface area (Å²) in [6.45, 7) is 2.15. The molecular formula is C5H7N3S. The van der Waals surface area contributed by atoms with Gasteiger partial charge in [0.1, 0.15) is 0 Å². The summed E-state index contributed by atoms with van der Waals surface area (Å²) >= 11 is 1.43. The third-order valence-electron chi connectivity index (χ3n) is 1.58. The second kappa shape index (κ2) is 2.04. The van der Waals surface area contributed by atoms with E-state index < -0.39 is 0 Å². The molecule has 0 aliphatic carbocycles. The minimum atomic E-state index is 0.642. The lowest BCUT2D eigenvalue weighted by atomic mass is 10.0. The maximum Gasteiger partial charge on any atom is 0.0811 e. The minimum absolute atomic E-state index is 0.642. The molecule has 9 heavy (non-hydrogen) atoms. The van der Waals surface area contributed by atoms with E-state index in [2.05, 4.69) is 14.9 Å². The zero-order chi connectivity index (χ0) is 6.10. The van der Waals surface area contributed by atoms with Gasteiger partial charge in [0.25, 0.3) is 0 Å². The molecule has 1 N–H and O–H groups in total. The number of nitrogens with one attached hydrogen (secondary N) is 1. The molecule has 1 aliphatic rings. The van der Waals surface area contributed by atoms with Crippen LogP contribution in [0.25, 0.3) is 0 Å². The zero-order valence-corrected chi connectivity index (χ0v) is 5.69. The first-order chi connectivity index (χ1) is 4.47. The van der Waals surface area contributed by atoms with Crippen LogP contribution in [0.1, 0.15) is 11.6 Å². The lowest BCUT2D eigenvalue weighted by Crippen LogP contribution is -2.40. The minimum Gasteiger partial charge on any atom is -0.315 e. The van der Waals surface area contributed by atoms with Gasteiger partial charge < -0.3 is 5.32 Å². The van der Waals surface area contributed by atoms with Crippen LogP contribution in [0, 0.1) is 0 Å². The number of hydrogen-bond donors (Lipinski definition) is 1. The average Bonchev–Trinajstić information content (AvgIpc) is 2.11. The highest BCUT2D eigenvalue weighted by molar-refractivity contribution is 7.03. The van der Waals surface area contributed by atoms with Crippen LogP contribution in [0.3, 0.4) is 0 Å². The molecule has 0 unspecified atom stereocenters. The maximum atomic E-state index is 3.97. The Hall–Kier alpha value is -0.480. The van der Waals surface area contributed by atoms with E-state index in [9.17, 15) is 0 Å². The second-order valence-corrected chi connectivity index (χ2v) is 2.79. The van der Waals surface area contributed by atoms with E-state index in [4.69, 9.17) is 0 Å². The molecular weight excluding hydrogens is 134 g/mol. The number of nitrogens with zero attached hydrogens (tertiary/aromatic N) is 2. The van der Waals surface area contributed by atoms with Crippen LogP contribution < -0.4 is 5.32 Å². The number of hydrogen-bond acceptors (Lipinski definition) is 4. The molecule has 48 valence electrons. The summed E-state index contributed by atoms with van der Waals surface area (Å²) in [6.07, 6.45) is 0. The van der Waals surface area contributed by atoms with Crippen molar-refractivity contribution < 1.29 is 0 Å². The molecule has 1 fully saturated rings. The fraction of sp³-hybridized carbons (Fsp3) is 0.600. The van der Waals surface area contributed by atoms with Crippen LogP contribution in [-0.2, 0) is 0 Å². The summed E-state index contributed by atoms with van der Waals surface area (Å²) in [5, 5.41) is 9.17. The summed E-state index contributed by atoms with van der Waals surface area (Å²) < 4.78 is 3.79.